The summed E-state index contributed by atoms with van der Waals surface area (Å²) in [4.78, 5) is 83.5. The fourth-order valence-electron chi connectivity index (χ4n) is 4.49. The Morgan fingerprint density at radius 2 is 0.841 bits per heavy atom. The molecule has 0 radical (unpaired) electrons. The van der Waals surface area contributed by atoms with Crippen LogP contribution in [0.2, 0.25) is 0 Å². The Hall–Kier alpha value is -3.87. The van der Waals surface area contributed by atoms with E-state index in [2.05, 4.69) is 0 Å². The summed E-state index contributed by atoms with van der Waals surface area (Å²) in [5, 5.41) is 10.6. The van der Waals surface area contributed by atoms with Crippen molar-refractivity contribution in [2.24, 2.45) is 0 Å². The molecular formula is C26H36O18. The molecule has 10 atom stereocenters. The maximum Gasteiger partial charge on any atom is 0.303 e. The van der Waals surface area contributed by atoms with Gasteiger partial charge in [-0.25, -0.2) is 0 Å². The minimum absolute atomic E-state index is 0.572. The number of ether oxygens (including phenoxy) is 10. The van der Waals surface area contributed by atoms with Gasteiger partial charge < -0.3 is 52.5 Å². The lowest BCUT2D eigenvalue weighted by molar-refractivity contribution is -0.357. The summed E-state index contributed by atoms with van der Waals surface area (Å²) in [7, 11) is 0. The van der Waals surface area contributed by atoms with Gasteiger partial charge >= 0.3 is 41.8 Å². The molecule has 0 aliphatic carbocycles. The predicted molar refractivity (Wildman–Crippen MR) is 135 cm³/mol. The first kappa shape index (κ1) is 36.3. The van der Waals surface area contributed by atoms with Crippen molar-refractivity contribution in [2.45, 2.75) is 110 Å². The van der Waals surface area contributed by atoms with Gasteiger partial charge in [-0.15, -0.1) is 0 Å². The highest BCUT2D eigenvalue weighted by atomic mass is 16.8. The third kappa shape index (κ3) is 10.7. The van der Waals surface area contributed by atoms with E-state index >= 15 is 0 Å². The van der Waals surface area contributed by atoms with E-state index in [1.807, 2.05) is 0 Å². The van der Waals surface area contributed by atoms with Crippen LogP contribution in [0.15, 0.2) is 0 Å². The van der Waals surface area contributed by atoms with Crippen molar-refractivity contribution in [2.75, 3.05) is 13.2 Å². The van der Waals surface area contributed by atoms with Crippen molar-refractivity contribution in [1.29, 1.82) is 0 Å². The Kier molecular flexibility index (Phi) is 13.4. The van der Waals surface area contributed by atoms with Crippen molar-refractivity contribution in [3.63, 3.8) is 0 Å². The number of carbonyl (C=O) groups excluding carboxylic acids is 7. The highest BCUT2D eigenvalue weighted by molar-refractivity contribution is 5.69. The average Bonchev–Trinajstić information content (AvgIpc) is 2.87. The second-order valence-electron chi connectivity index (χ2n) is 9.68. The van der Waals surface area contributed by atoms with Gasteiger partial charge in [-0.3, -0.25) is 33.6 Å². The summed E-state index contributed by atoms with van der Waals surface area (Å²) in [6.07, 6.45) is -16.3. The van der Waals surface area contributed by atoms with Crippen molar-refractivity contribution in [1.82, 2.24) is 0 Å². The maximum absolute atomic E-state index is 12.2. The summed E-state index contributed by atoms with van der Waals surface area (Å²) in [6, 6.07) is 0. The number of carbonyl (C=O) groups is 7. The van der Waals surface area contributed by atoms with E-state index in [-0.39, 0.29) is 0 Å². The van der Waals surface area contributed by atoms with Crippen LogP contribution in [0.5, 0.6) is 0 Å². The molecule has 18 heteroatoms. The molecule has 2 fully saturated rings. The van der Waals surface area contributed by atoms with E-state index in [1.54, 1.807) is 0 Å². The highest BCUT2D eigenvalue weighted by Gasteiger charge is 2.57. The average molecular weight is 637 g/mol. The summed E-state index contributed by atoms with van der Waals surface area (Å²) in [5.74, 6) is -6.03. The molecule has 2 aliphatic rings. The molecule has 2 rings (SSSR count). The van der Waals surface area contributed by atoms with Gasteiger partial charge in [0.1, 0.15) is 31.5 Å². The first-order valence-electron chi connectivity index (χ1n) is 13.3. The molecule has 2 aliphatic heterocycles. The minimum Gasteiger partial charge on any atom is -0.463 e. The monoisotopic (exact) mass is 636 g/mol. The largest absolute Gasteiger partial charge is 0.463 e. The van der Waals surface area contributed by atoms with E-state index in [0.717, 1.165) is 48.5 Å². The molecule has 44 heavy (non-hydrogen) atoms. The molecule has 2 saturated heterocycles. The highest BCUT2D eigenvalue weighted by Crippen LogP contribution is 2.34. The van der Waals surface area contributed by atoms with Crippen LogP contribution in [0.1, 0.15) is 48.5 Å². The number of hydrogen-bond acceptors (Lipinski definition) is 18. The number of aliphatic hydroxyl groups excluding tert-OH is 1. The number of rotatable bonds is 11. The van der Waals surface area contributed by atoms with Crippen LogP contribution in [0, 0.1) is 0 Å². The summed E-state index contributed by atoms with van der Waals surface area (Å²) in [5.41, 5.74) is 0. The molecule has 0 aromatic rings. The molecule has 0 unspecified atom stereocenters. The first-order valence-corrected chi connectivity index (χ1v) is 13.3. The maximum atomic E-state index is 12.2. The van der Waals surface area contributed by atoms with Crippen LogP contribution >= 0.6 is 0 Å². The van der Waals surface area contributed by atoms with Crippen LogP contribution in [-0.2, 0) is 80.9 Å². The molecule has 0 bridgehead atoms. The molecule has 0 saturated carbocycles. The molecule has 2 heterocycles. The first-order chi connectivity index (χ1) is 20.5. The molecule has 0 aromatic carbocycles. The van der Waals surface area contributed by atoms with Gasteiger partial charge in [0, 0.05) is 48.5 Å². The van der Waals surface area contributed by atoms with Crippen LogP contribution in [-0.4, -0.2) is 122 Å². The molecule has 18 nitrogen and oxygen atoms in total. The fraction of sp³-hybridized carbons (Fsp3) is 0.731. The fourth-order valence-corrected chi connectivity index (χ4v) is 4.49. The molecular weight excluding hydrogens is 600 g/mol. The number of esters is 7. The third-order valence-electron chi connectivity index (χ3n) is 5.90. The van der Waals surface area contributed by atoms with Gasteiger partial charge in [-0.05, 0) is 0 Å². The SMILES string of the molecule is CC(=O)OC[C@H]1O[C@@H](O)[C@H](OC(C)=O)[C@@H](OC(C)=O)[C@H]1O[C@@H]1O[C@H](COC(C)=O)[C@@H](OC(C)=O)[C@H](OC(C)=O)[C@H]1OC(C)=O. The van der Waals surface area contributed by atoms with Gasteiger partial charge in [-0.2, -0.15) is 0 Å². The van der Waals surface area contributed by atoms with Crippen molar-refractivity contribution >= 4 is 41.8 Å². The zero-order valence-electron chi connectivity index (χ0n) is 25.1. The normalized spacial score (nSPS) is 31.5. The van der Waals surface area contributed by atoms with Crippen molar-refractivity contribution in [3.8, 4) is 0 Å². The van der Waals surface area contributed by atoms with E-state index in [0.29, 0.717) is 0 Å². The molecule has 1 N–H and O–H groups in total. The van der Waals surface area contributed by atoms with Gasteiger partial charge in [0.15, 0.2) is 43.1 Å². The van der Waals surface area contributed by atoms with E-state index in [4.69, 9.17) is 47.4 Å². The van der Waals surface area contributed by atoms with Gasteiger partial charge in [0.05, 0.1) is 0 Å². The van der Waals surface area contributed by atoms with Crippen LogP contribution in [0.25, 0.3) is 0 Å². The second-order valence-corrected chi connectivity index (χ2v) is 9.68. The van der Waals surface area contributed by atoms with E-state index in [9.17, 15) is 38.7 Å². The van der Waals surface area contributed by atoms with E-state index in [1.165, 1.54) is 0 Å². The standard InChI is InChI=1S/C26H36O18/c1-10(27)35-8-17-20(21(38-13(4)30)23(25(34)42-17)40-15(6)32)44-26-24(41-16(7)33)22(39-14(5)31)19(37-12(3)29)18(43-26)9-36-11(2)28/h17-26,34H,8-9H2,1-7H3/t17-,18-,19-,20+,21+,22+,23-,24-,25-,26+/m1/s1. The molecule has 0 spiro atoms. The summed E-state index contributed by atoms with van der Waals surface area (Å²) >= 11 is 0. The molecule has 0 amide bonds. The van der Waals surface area contributed by atoms with Crippen molar-refractivity contribution in [3.05, 3.63) is 0 Å². The molecule has 0 aromatic heterocycles. The van der Waals surface area contributed by atoms with Gasteiger partial charge in [0.25, 0.3) is 0 Å². The zero-order chi connectivity index (χ0) is 33.3. The minimum atomic E-state index is -1.90. The smallest absolute Gasteiger partial charge is 0.303 e. The number of aliphatic hydroxyl groups is 1. The Balaban J connectivity index is 2.66. The summed E-state index contributed by atoms with van der Waals surface area (Å²) in [6.45, 7) is 6.11. The zero-order valence-corrected chi connectivity index (χ0v) is 25.1. The number of hydrogen-bond donors (Lipinski definition) is 1. The van der Waals surface area contributed by atoms with Gasteiger partial charge in [-0.1, -0.05) is 0 Å². The Morgan fingerprint density at radius 3 is 1.27 bits per heavy atom. The Bertz CT molecular complexity index is 1090. The van der Waals surface area contributed by atoms with Gasteiger partial charge in [0.2, 0.25) is 0 Å². The lowest BCUT2D eigenvalue weighted by atomic mass is 9.96. The van der Waals surface area contributed by atoms with Crippen LogP contribution in [0.4, 0.5) is 0 Å². The van der Waals surface area contributed by atoms with Crippen molar-refractivity contribution < 1.29 is 86.0 Å². The topological polar surface area (TPSA) is 232 Å². The lowest BCUT2D eigenvalue weighted by Crippen LogP contribution is -2.67. The summed E-state index contributed by atoms with van der Waals surface area (Å²) < 4.78 is 54.1. The predicted octanol–water partition coefficient (Wildman–Crippen LogP) is -1.40. The van der Waals surface area contributed by atoms with Crippen LogP contribution in [0.3, 0.4) is 0 Å². The Labute approximate surface area is 251 Å². The second kappa shape index (κ2) is 16.3. The Morgan fingerprint density at radius 1 is 0.477 bits per heavy atom. The molecule has 248 valence electrons. The quantitative estimate of drug-likeness (QED) is 0.203. The third-order valence-corrected chi connectivity index (χ3v) is 5.90. The van der Waals surface area contributed by atoms with E-state index < -0.39 is 116 Å². The van der Waals surface area contributed by atoms with Crippen LogP contribution < -0.4 is 0 Å². The lowest BCUT2D eigenvalue weighted by Gasteiger charge is -2.48.